The number of hydrogen-bond acceptors (Lipinski definition) is 10. The zero-order valence-corrected chi connectivity index (χ0v) is 20.8. The van der Waals surface area contributed by atoms with Gasteiger partial charge in [0.2, 0.25) is 5.95 Å². The number of rotatable bonds is 7. The molecule has 1 aliphatic heterocycles. The van der Waals surface area contributed by atoms with Crippen molar-refractivity contribution in [1.82, 2.24) is 30.3 Å². The first kappa shape index (κ1) is 25.2. The molecule has 0 aromatic carbocycles. The molecule has 4 heterocycles. The largest absolute Gasteiger partial charge is 0.378 e. The highest BCUT2D eigenvalue weighted by atomic mass is 35.5. The molecule has 0 bridgehead atoms. The van der Waals surface area contributed by atoms with Gasteiger partial charge in [0.25, 0.3) is 5.91 Å². The lowest BCUT2D eigenvalue weighted by atomic mass is 10.2. The molecule has 1 amide bonds. The number of halogens is 2. The molecule has 13 heteroatoms. The van der Waals surface area contributed by atoms with E-state index >= 15 is 0 Å². The zero-order chi connectivity index (χ0) is 26.3. The number of allylic oxidation sites excluding steroid dienone is 5. The van der Waals surface area contributed by atoms with Gasteiger partial charge >= 0.3 is 0 Å². The van der Waals surface area contributed by atoms with Gasteiger partial charge in [0.15, 0.2) is 17.5 Å². The number of hydrogen-bond donors (Lipinski definition) is 3. The number of carbonyl (C=O) groups is 1. The summed E-state index contributed by atoms with van der Waals surface area (Å²) < 4.78 is 19.5. The van der Waals surface area contributed by atoms with Crippen LogP contribution in [0.15, 0.2) is 71.9 Å². The van der Waals surface area contributed by atoms with Crippen molar-refractivity contribution in [2.75, 3.05) is 41.9 Å². The number of carbonyl (C=O) groups excluding carboxylic acids is 1. The van der Waals surface area contributed by atoms with Crippen molar-refractivity contribution in [3.05, 3.63) is 89.3 Å². The molecule has 3 N–H and O–H groups in total. The van der Waals surface area contributed by atoms with Crippen molar-refractivity contribution in [1.29, 1.82) is 0 Å². The van der Waals surface area contributed by atoms with Crippen LogP contribution in [0.2, 0.25) is 0 Å². The molecule has 1 aliphatic carbocycles. The van der Waals surface area contributed by atoms with Crippen LogP contribution in [0, 0.1) is 5.82 Å². The first-order chi connectivity index (χ1) is 18.6. The molecule has 0 unspecified atom stereocenters. The summed E-state index contributed by atoms with van der Waals surface area (Å²) in [6.45, 7) is 2.01. The van der Waals surface area contributed by atoms with Crippen LogP contribution in [0.5, 0.6) is 0 Å². The van der Waals surface area contributed by atoms with Gasteiger partial charge in [-0.1, -0.05) is 23.8 Å². The lowest BCUT2D eigenvalue weighted by Gasteiger charge is -2.28. The van der Waals surface area contributed by atoms with Crippen molar-refractivity contribution in [3.63, 3.8) is 0 Å². The number of aromatic nitrogens is 5. The molecule has 1 saturated heterocycles. The summed E-state index contributed by atoms with van der Waals surface area (Å²) in [5.74, 6) is -0.302. The minimum atomic E-state index is -0.547. The monoisotopic (exact) mass is 535 g/mol. The van der Waals surface area contributed by atoms with Crippen LogP contribution < -0.4 is 21.1 Å². The molecule has 3 aromatic rings. The van der Waals surface area contributed by atoms with E-state index in [4.69, 9.17) is 16.3 Å². The van der Waals surface area contributed by atoms with Crippen LogP contribution >= 0.6 is 11.6 Å². The lowest BCUT2D eigenvalue weighted by molar-refractivity contribution is 0.0957. The predicted molar refractivity (Wildman–Crippen MR) is 141 cm³/mol. The molecule has 0 atom stereocenters. The van der Waals surface area contributed by atoms with E-state index in [1.807, 2.05) is 12.2 Å². The third kappa shape index (κ3) is 6.10. The standard InChI is InChI=1S/C25H23ClFN9O2/c26-19-13-16(3-1-4-18(19)22-28-7-2-8-29-22)32-17-5-6-21(30-14-17)24(37)34-35-25-31-15-20(27)23(33-25)36-9-11-38-12-10-36/h2-8,13-15,32H,1,9-12H2,(H,34,37)(H,31,33,35). The molecule has 0 radical (unpaired) electrons. The average molecular weight is 536 g/mol. The molecule has 38 heavy (non-hydrogen) atoms. The van der Waals surface area contributed by atoms with E-state index in [0.717, 1.165) is 17.5 Å². The molecular weight excluding hydrogens is 513 g/mol. The summed E-state index contributed by atoms with van der Waals surface area (Å²) in [5, 5.41) is 3.74. The van der Waals surface area contributed by atoms with Gasteiger partial charge in [-0.3, -0.25) is 15.6 Å². The normalized spacial score (nSPS) is 15.5. The highest BCUT2D eigenvalue weighted by molar-refractivity contribution is 6.37. The van der Waals surface area contributed by atoms with Crippen LogP contribution in [0.1, 0.15) is 22.7 Å². The van der Waals surface area contributed by atoms with Gasteiger partial charge in [0, 0.05) is 36.8 Å². The minimum Gasteiger partial charge on any atom is -0.378 e. The molecule has 11 nitrogen and oxygen atoms in total. The van der Waals surface area contributed by atoms with Gasteiger partial charge in [-0.2, -0.15) is 4.98 Å². The highest BCUT2D eigenvalue weighted by Crippen LogP contribution is 2.28. The molecule has 194 valence electrons. The Kier molecular flexibility index (Phi) is 7.81. The molecule has 0 spiro atoms. The van der Waals surface area contributed by atoms with E-state index in [1.165, 1.54) is 6.20 Å². The maximum Gasteiger partial charge on any atom is 0.288 e. The van der Waals surface area contributed by atoms with E-state index in [2.05, 4.69) is 41.1 Å². The van der Waals surface area contributed by atoms with Crippen LogP contribution in [0.25, 0.3) is 5.57 Å². The van der Waals surface area contributed by atoms with E-state index in [0.29, 0.717) is 49.3 Å². The fraction of sp³-hybridized carbons (Fsp3) is 0.200. The summed E-state index contributed by atoms with van der Waals surface area (Å²) in [4.78, 5) is 35.1. The molecule has 5 rings (SSSR count). The topological polar surface area (TPSA) is 130 Å². The second kappa shape index (κ2) is 11.8. The molecule has 3 aromatic heterocycles. The first-order valence-corrected chi connectivity index (χ1v) is 12.1. The van der Waals surface area contributed by atoms with Crippen LogP contribution in [-0.4, -0.2) is 57.1 Å². The predicted octanol–water partition coefficient (Wildman–Crippen LogP) is 3.30. The third-order valence-corrected chi connectivity index (χ3v) is 5.93. The van der Waals surface area contributed by atoms with Gasteiger partial charge in [0.05, 0.1) is 36.3 Å². The summed E-state index contributed by atoms with van der Waals surface area (Å²) in [5.41, 5.74) is 7.43. The summed E-state index contributed by atoms with van der Waals surface area (Å²) >= 11 is 6.51. The number of pyridine rings is 1. The Labute approximate surface area is 222 Å². The average Bonchev–Trinajstić information content (AvgIpc) is 3.14. The Morgan fingerprint density at radius 2 is 1.87 bits per heavy atom. The van der Waals surface area contributed by atoms with Crippen molar-refractivity contribution >= 4 is 40.5 Å². The second-order valence-electron chi connectivity index (χ2n) is 8.18. The van der Waals surface area contributed by atoms with Crippen LogP contribution in [0.3, 0.4) is 0 Å². The number of morpholine rings is 1. The van der Waals surface area contributed by atoms with Crippen LogP contribution in [-0.2, 0) is 4.74 Å². The Hall–Kier alpha value is -4.42. The van der Waals surface area contributed by atoms with Gasteiger partial charge in [0.1, 0.15) is 5.69 Å². The number of nitrogens with one attached hydrogen (secondary N) is 3. The molecule has 1 fully saturated rings. The Balaban J connectivity index is 1.18. The van der Waals surface area contributed by atoms with Gasteiger partial charge in [-0.25, -0.2) is 24.3 Å². The maximum absolute atomic E-state index is 14.2. The quantitative estimate of drug-likeness (QED) is 0.387. The summed E-state index contributed by atoms with van der Waals surface area (Å²) in [6.07, 6.45) is 12.3. The maximum atomic E-state index is 14.2. The summed E-state index contributed by atoms with van der Waals surface area (Å²) in [6, 6.07) is 5.03. The van der Waals surface area contributed by atoms with Crippen molar-refractivity contribution in [2.24, 2.45) is 0 Å². The van der Waals surface area contributed by atoms with Crippen LogP contribution in [0.4, 0.5) is 21.8 Å². The first-order valence-electron chi connectivity index (χ1n) is 11.8. The Morgan fingerprint density at radius 1 is 1.05 bits per heavy atom. The number of nitrogens with zero attached hydrogens (tertiary/aromatic N) is 6. The van der Waals surface area contributed by atoms with E-state index < -0.39 is 11.7 Å². The lowest BCUT2D eigenvalue weighted by Crippen LogP contribution is -2.38. The molecule has 0 saturated carbocycles. The zero-order valence-electron chi connectivity index (χ0n) is 20.1. The third-order valence-electron chi connectivity index (χ3n) is 5.61. The fourth-order valence-corrected chi connectivity index (χ4v) is 4.04. The minimum absolute atomic E-state index is 0.0531. The Morgan fingerprint density at radius 3 is 2.63 bits per heavy atom. The number of anilines is 3. The molecule has 2 aliphatic rings. The molecular formula is C25H23ClFN9O2. The van der Waals surface area contributed by atoms with Crippen molar-refractivity contribution in [3.8, 4) is 0 Å². The smallest absolute Gasteiger partial charge is 0.288 e. The number of ether oxygens (including phenoxy) is 1. The van der Waals surface area contributed by atoms with Gasteiger partial charge in [-0.05, 0) is 30.7 Å². The SMILES string of the molecule is O=C(NNc1ncc(F)c(N2CCOCC2)n1)c1ccc(NC2=CCC=C(c3ncccn3)C(Cl)=C2)cn1. The highest BCUT2D eigenvalue weighted by Gasteiger charge is 2.18. The van der Waals surface area contributed by atoms with Gasteiger partial charge < -0.3 is 15.0 Å². The second-order valence-corrected chi connectivity index (χ2v) is 8.59. The fourth-order valence-electron chi connectivity index (χ4n) is 3.76. The van der Waals surface area contributed by atoms with E-state index in [1.54, 1.807) is 41.6 Å². The number of amides is 1. The van der Waals surface area contributed by atoms with Gasteiger partial charge in [-0.15, -0.1) is 0 Å². The van der Waals surface area contributed by atoms with Crippen molar-refractivity contribution in [2.45, 2.75) is 6.42 Å². The number of hydrazine groups is 1. The summed E-state index contributed by atoms with van der Waals surface area (Å²) in [7, 11) is 0. The van der Waals surface area contributed by atoms with E-state index in [-0.39, 0.29) is 17.5 Å². The van der Waals surface area contributed by atoms with Crippen molar-refractivity contribution < 1.29 is 13.9 Å². The van der Waals surface area contributed by atoms with E-state index in [9.17, 15) is 9.18 Å². The Bertz CT molecular complexity index is 1390.